The smallest absolute Gasteiger partial charge is 0.0308 e. The first-order valence-corrected chi connectivity index (χ1v) is 4.75. The number of hydrogen-bond donors (Lipinski definition) is 0. The van der Waals surface area contributed by atoms with Gasteiger partial charge in [-0.1, -0.05) is 49.0 Å². The van der Waals surface area contributed by atoms with Crippen LogP contribution in [-0.4, -0.2) is 0 Å². The van der Waals surface area contributed by atoms with Crippen LogP contribution in [0.25, 0.3) is 0 Å². The molecule has 0 atom stereocenters. The van der Waals surface area contributed by atoms with Crippen molar-refractivity contribution in [3.8, 4) is 0 Å². The molecule has 13 heavy (non-hydrogen) atoms. The molecular formula is C13H20. The van der Waals surface area contributed by atoms with Gasteiger partial charge in [-0.2, -0.15) is 0 Å². The van der Waals surface area contributed by atoms with Gasteiger partial charge in [-0.25, -0.2) is 0 Å². The molecule has 0 rings (SSSR count). The molecule has 0 aliphatic carbocycles. The predicted molar refractivity (Wildman–Crippen MR) is 61.8 cm³/mol. The SMILES string of the molecule is C=C/C=C(C)/C=C/C(CC)=C(C)C. The van der Waals surface area contributed by atoms with E-state index in [1.807, 2.05) is 12.2 Å². The van der Waals surface area contributed by atoms with Crippen LogP contribution in [0, 0.1) is 0 Å². The highest BCUT2D eigenvalue weighted by Crippen LogP contribution is 2.10. The molecule has 0 aliphatic heterocycles. The third-order valence-electron chi connectivity index (χ3n) is 1.95. The Bertz CT molecular complexity index is 245. The van der Waals surface area contributed by atoms with E-state index in [1.165, 1.54) is 16.7 Å². The van der Waals surface area contributed by atoms with Gasteiger partial charge in [-0.05, 0) is 32.8 Å². The van der Waals surface area contributed by atoms with Crippen molar-refractivity contribution in [2.24, 2.45) is 0 Å². The Kier molecular flexibility index (Phi) is 5.96. The maximum Gasteiger partial charge on any atom is -0.0308 e. The summed E-state index contributed by atoms with van der Waals surface area (Å²) in [5.41, 5.74) is 4.05. The first-order valence-electron chi connectivity index (χ1n) is 4.75. The molecule has 0 heterocycles. The number of allylic oxidation sites excluding steroid dienone is 7. The highest BCUT2D eigenvalue weighted by Gasteiger charge is 1.90. The maximum absolute atomic E-state index is 3.66. The topological polar surface area (TPSA) is 0 Å². The first kappa shape index (κ1) is 12.0. The van der Waals surface area contributed by atoms with Crippen molar-refractivity contribution in [1.82, 2.24) is 0 Å². The van der Waals surface area contributed by atoms with E-state index >= 15 is 0 Å². The summed E-state index contributed by atoms with van der Waals surface area (Å²) in [5.74, 6) is 0. The average molecular weight is 176 g/mol. The van der Waals surface area contributed by atoms with E-state index in [-0.39, 0.29) is 0 Å². The molecule has 0 saturated carbocycles. The van der Waals surface area contributed by atoms with Gasteiger partial charge in [0.2, 0.25) is 0 Å². The van der Waals surface area contributed by atoms with Crippen LogP contribution in [0.4, 0.5) is 0 Å². The van der Waals surface area contributed by atoms with Crippen molar-refractivity contribution in [1.29, 1.82) is 0 Å². The van der Waals surface area contributed by atoms with E-state index in [1.54, 1.807) is 0 Å². The lowest BCUT2D eigenvalue weighted by molar-refractivity contribution is 1.10. The molecular weight excluding hydrogens is 156 g/mol. The Morgan fingerprint density at radius 2 is 1.77 bits per heavy atom. The Balaban J connectivity index is 4.50. The monoisotopic (exact) mass is 176 g/mol. The van der Waals surface area contributed by atoms with Gasteiger partial charge < -0.3 is 0 Å². The summed E-state index contributed by atoms with van der Waals surface area (Å²) < 4.78 is 0. The third kappa shape index (κ3) is 5.24. The minimum absolute atomic E-state index is 1.10. The molecule has 0 aromatic carbocycles. The maximum atomic E-state index is 3.66. The molecule has 72 valence electrons. The Labute approximate surface area is 82.4 Å². The Hall–Kier alpha value is -1.04. The van der Waals surface area contributed by atoms with E-state index < -0.39 is 0 Å². The summed E-state index contributed by atoms with van der Waals surface area (Å²) in [6.45, 7) is 12.2. The summed E-state index contributed by atoms with van der Waals surface area (Å²) in [7, 11) is 0. The van der Waals surface area contributed by atoms with E-state index in [0.29, 0.717) is 0 Å². The predicted octanol–water partition coefficient (Wildman–Crippen LogP) is 4.42. The van der Waals surface area contributed by atoms with Crippen LogP contribution in [0.2, 0.25) is 0 Å². The zero-order valence-electron chi connectivity index (χ0n) is 9.22. The van der Waals surface area contributed by atoms with E-state index in [4.69, 9.17) is 0 Å². The van der Waals surface area contributed by atoms with Crippen LogP contribution in [-0.2, 0) is 0 Å². The minimum atomic E-state index is 1.10. The molecule has 0 bridgehead atoms. The lowest BCUT2D eigenvalue weighted by atomic mass is 10.1. The average Bonchev–Trinajstić information content (AvgIpc) is 2.05. The standard InChI is InChI=1S/C13H20/c1-6-8-12(5)9-10-13(7-2)11(3)4/h6,8-10H,1,7H2,2-5H3/b10-9+,12-8+. The fourth-order valence-corrected chi connectivity index (χ4v) is 1.11. The molecule has 0 heteroatoms. The van der Waals surface area contributed by atoms with Crippen molar-refractivity contribution >= 4 is 0 Å². The van der Waals surface area contributed by atoms with Gasteiger partial charge in [0, 0.05) is 0 Å². The van der Waals surface area contributed by atoms with Gasteiger partial charge in [0.25, 0.3) is 0 Å². The van der Waals surface area contributed by atoms with Crippen LogP contribution in [0.5, 0.6) is 0 Å². The van der Waals surface area contributed by atoms with Gasteiger partial charge in [-0.15, -0.1) is 0 Å². The van der Waals surface area contributed by atoms with E-state index in [9.17, 15) is 0 Å². The van der Waals surface area contributed by atoms with Crippen molar-refractivity contribution in [2.75, 3.05) is 0 Å². The van der Waals surface area contributed by atoms with Crippen LogP contribution >= 0.6 is 0 Å². The number of rotatable bonds is 4. The first-order chi connectivity index (χ1) is 6.11. The molecule has 0 nitrogen and oxygen atoms in total. The highest BCUT2D eigenvalue weighted by molar-refractivity contribution is 5.30. The molecule has 0 radical (unpaired) electrons. The fourth-order valence-electron chi connectivity index (χ4n) is 1.11. The van der Waals surface area contributed by atoms with Gasteiger partial charge in [0.1, 0.15) is 0 Å². The van der Waals surface area contributed by atoms with Crippen molar-refractivity contribution in [3.63, 3.8) is 0 Å². The molecule has 0 N–H and O–H groups in total. The lowest BCUT2D eigenvalue weighted by Gasteiger charge is -1.99. The van der Waals surface area contributed by atoms with E-state index in [2.05, 4.69) is 46.4 Å². The van der Waals surface area contributed by atoms with Gasteiger partial charge >= 0.3 is 0 Å². The van der Waals surface area contributed by atoms with Gasteiger partial charge in [0.15, 0.2) is 0 Å². The molecule has 0 saturated heterocycles. The summed E-state index contributed by atoms with van der Waals surface area (Å²) in [6, 6.07) is 0. The second-order valence-corrected chi connectivity index (χ2v) is 3.36. The second-order valence-electron chi connectivity index (χ2n) is 3.36. The number of hydrogen-bond acceptors (Lipinski definition) is 0. The molecule has 0 aromatic heterocycles. The second kappa shape index (κ2) is 6.47. The quantitative estimate of drug-likeness (QED) is 0.556. The summed E-state index contributed by atoms with van der Waals surface area (Å²) >= 11 is 0. The van der Waals surface area contributed by atoms with Crippen LogP contribution in [0.3, 0.4) is 0 Å². The highest BCUT2D eigenvalue weighted by atomic mass is 14.0. The van der Waals surface area contributed by atoms with Gasteiger partial charge in [0.05, 0.1) is 0 Å². The molecule has 0 amide bonds. The van der Waals surface area contributed by atoms with Crippen LogP contribution in [0.15, 0.2) is 47.6 Å². The lowest BCUT2D eigenvalue weighted by Crippen LogP contribution is -1.79. The summed E-state index contributed by atoms with van der Waals surface area (Å²) in [4.78, 5) is 0. The van der Waals surface area contributed by atoms with Crippen molar-refractivity contribution in [3.05, 3.63) is 47.6 Å². The molecule has 0 unspecified atom stereocenters. The third-order valence-corrected chi connectivity index (χ3v) is 1.95. The van der Waals surface area contributed by atoms with Crippen LogP contribution < -0.4 is 0 Å². The fraction of sp³-hybridized carbons (Fsp3) is 0.385. The minimum Gasteiger partial charge on any atom is -0.0991 e. The molecule has 0 fully saturated rings. The largest absolute Gasteiger partial charge is 0.0991 e. The van der Waals surface area contributed by atoms with Crippen molar-refractivity contribution < 1.29 is 0 Å². The summed E-state index contributed by atoms with van der Waals surface area (Å²) in [5, 5.41) is 0. The normalized spacial score (nSPS) is 11.8. The Morgan fingerprint density at radius 3 is 2.15 bits per heavy atom. The van der Waals surface area contributed by atoms with E-state index in [0.717, 1.165) is 6.42 Å². The molecule has 0 aromatic rings. The van der Waals surface area contributed by atoms with Gasteiger partial charge in [-0.3, -0.25) is 0 Å². The zero-order valence-corrected chi connectivity index (χ0v) is 9.22. The molecule has 0 spiro atoms. The summed E-state index contributed by atoms with van der Waals surface area (Å²) in [6.07, 6.45) is 9.24. The van der Waals surface area contributed by atoms with Crippen LogP contribution in [0.1, 0.15) is 34.1 Å². The Morgan fingerprint density at radius 1 is 1.15 bits per heavy atom. The zero-order chi connectivity index (χ0) is 10.3. The van der Waals surface area contributed by atoms with Crippen molar-refractivity contribution in [2.45, 2.75) is 34.1 Å². The molecule has 0 aliphatic rings.